The molecule has 0 aliphatic carbocycles. The molecule has 5 heteroatoms. The van der Waals surface area contributed by atoms with Crippen LogP contribution in [0.15, 0.2) is 35.7 Å². The highest BCUT2D eigenvalue weighted by atomic mass is 35.5. The van der Waals surface area contributed by atoms with Crippen molar-refractivity contribution in [1.29, 1.82) is 0 Å². The molecular weight excluding hydrogens is 295 g/mol. The van der Waals surface area contributed by atoms with Crippen LogP contribution in [0, 0.1) is 5.82 Å². The van der Waals surface area contributed by atoms with E-state index >= 15 is 0 Å². The van der Waals surface area contributed by atoms with Crippen LogP contribution in [0.4, 0.5) is 4.39 Å². The molecular formula is C15H18ClFN2S. The van der Waals surface area contributed by atoms with E-state index in [4.69, 9.17) is 17.4 Å². The van der Waals surface area contributed by atoms with Crippen LogP contribution in [0.1, 0.15) is 23.3 Å². The van der Waals surface area contributed by atoms with E-state index in [-0.39, 0.29) is 16.9 Å². The summed E-state index contributed by atoms with van der Waals surface area (Å²) in [6.45, 7) is 0. The lowest BCUT2D eigenvalue weighted by Gasteiger charge is -2.16. The molecule has 2 aromatic rings. The lowest BCUT2D eigenvalue weighted by molar-refractivity contribution is 0.477. The van der Waals surface area contributed by atoms with Crippen molar-refractivity contribution in [3.63, 3.8) is 0 Å². The van der Waals surface area contributed by atoms with E-state index in [1.165, 1.54) is 10.9 Å². The fourth-order valence-corrected chi connectivity index (χ4v) is 3.13. The predicted molar refractivity (Wildman–Crippen MR) is 83.5 cm³/mol. The summed E-state index contributed by atoms with van der Waals surface area (Å²) in [4.78, 5) is 1.39. The van der Waals surface area contributed by atoms with Gasteiger partial charge in [0.1, 0.15) is 5.82 Å². The summed E-state index contributed by atoms with van der Waals surface area (Å²) in [5, 5.41) is 2.26. The van der Waals surface area contributed by atoms with Crippen molar-refractivity contribution in [3.05, 3.63) is 57.0 Å². The molecule has 0 radical (unpaired) electrons. The first-order valence-electron chi connectivity index (χ1n) is 6.61. The van der Waals surface area contributed by atoms with Gasteiger partial charge in [0.2, 0.25) is 0 Å². The summed E-state index contributed by atoms with van der Waals surface area (Å²) in [7, 11) is 0. The van der Waals surface area contributed by atoms with E-state index in [2.05, 4.69) is 22.9 Å². The molecule has 1 heterocycles. The first-order chi connectivity index (χ1) is 9.69. The molecule has 3 N–H and O–H groups in total. The molecule has 0 aliphatic rings. The van der Waals surface area contributed by atoms with Crippen molar-refractivity contribution in [2.45, 2.75) is 31.7 Å². The maximum Gasteiger partial charge on any atom is 0.141 e. The van der Waals surface area contributed by atoms with Crippen LogP contribution < -0.4 is 11.3 Å². The van der Waals surface area contributed by atoms with Crippen molar-refractivity contribution in [2.24, 2.45) is 5.84 Å². The molecule has 1 aromatic carbocycles. The molecule has 1 aromatic heterocycles. The second-order valence-corrected chi connectivity index (χ2v) is 6.23. The number of hydrogen-bond acceptors (Lipinski definition) is 3. The number of halogens is 2. The highest BCUT2D eigenvalue weighted by Crippen LogP contribution is 2.18. The maximum atomic E-state index is 13.1. The first kappa shape index (κ1) is 15.4. The van der Waals surface area contributed by atoms with Crippen LogP contribution in [0.3, 0.4) is 0 Å². The average molecular weight is 313 g/mol. The van der Waals surface area contributed by atoms with Gasteiger partial charge in [-0.15, -0.1) is 11.3 Å². The third-order valence-corrected chi connectivity index (χ3v) is 4.48. The van der Waals surface area contributed by atoms with E-state index in [1.54, 1.807) is 23.5 Å². The van der Waals surface area contributed by atoms with E-state index in [9.17, 15) is 4.39 Å². The smallest absolute Gasteiger partial charge is 0.141 e. The van der Waals surface area contributed by atoms with Crippen LogP contribution in [0.25, 0.3) is 0 Å². The standard InChI is InChI=1S/C15H18ClFN2S/c16-14-10-11(6-7-15(14)17)9-12(19-18)3-1-4-13-5-2-8-20-13/h2,5-8,10,12,19H,1,3-4,9,18H2. The Hall–Kier alpha value is -0.940. The van der Waals surface area contributed by atoms with Crippen LogP contribution in [0.5, 0.6) is 0 Å². The molecule has 0 bridgehead atoms. The van der Waals surface area contributed by atoms with Gasteiger partial charge in [0.25, 0.3) is 0 Å². The highest BCUT2D eigenvalue weighted by Gasteiger charge is 2.09. The largest absolute Gasteiger partial charge is 0.271 e. The SMILES string of the molecule is NNC(CCCc1cccs1)Cc1ccc(F)c(Cl)c1. The van der Waals surface area contributed by atoms with Gasteiger partial charge in [0, 0.05) is 10.9 Å². The number of hydrazine groups is 1. The number of benzene rings is 1. The summed E-state index contributed by atoms with van der Waals surface area (Å²) in [5.74, 6) is 5.21. The molecule has 108 valence electrons. The first-order valence-corrected chi connectivity index (χ1v) is 7.87. The third kappa shape index (κ3) is 4.56. The topological polar surface area (TPSA) is 38.0 Å². The minimum Gasteiger partial charge on any atom is -0.271 e. The minimum atomic E-state index is -0.384. The Kier molecular flexibility index (Phi) is 5.98. The second-order valence-electron chi connectivity index (χ2n) is 4.79. The molecule has 1 unspecified atom stereocenters. The number of rotatable bonds is 7. The summed E-state index contributed by atoms with van der Waals surface area (Å²) >= 11 is 7.57. The molecule has 2 rings (SSSR count). The minimum absolute atomic E-state index is 0.164. The molecule has 0 spiro atoms. The molecule has 0 saturated carbocycles. The van der Waals surface area contributed by atoms with Crippen LogP contribution in [-0.4, -0.2) is 6.04 Å². The van der Waals surface area contributed by atoms with E-state index in [0.717, 1.165) is 31.2 Å². The van der Waals surface area contributed by atoms with E-state index < -0.39 is 0 Å². The fourth-order valence-electron chi connectivity index (χ4n) is 2.17. The Bertz CT molecular complexity index is 531. The zero-order valence-corrected chi connectivity index (χ0v) is 12.7. The van der Waals surface area contributed by atoms with Gasteiger partial charge in [-0.1, -0.05) is 23.7 Å². The molecule has 0 fully saturated rings. The van der Waals surface area contributed by atoms with Crippen molar-refractivity contribution in [1.82, 2.24) is 5.43 Å². The lowest BCUT2D eigenvalue weighted by Crippen LogP contribution is -2.36. The normalized spacial score (nSPS) is 12.6. The van der Waals surface area contributed by atoms with Crippen LogP contribution in [0.2, 0.25) is 5.02 Å². The van der Waals surface area contributed by atoms with Crippen LogP contribution in [-0.2, 0) is 12.8 Å². The Labute approximate surface area is 127 Å². The van der Waals surface area contributed by atoms with Crippen molar-refractivity contribution >= 4 is 22.9 Å². The second kappa shape index (κ2) is 7.74. The predicted octanol–water partition coefficient (Wildman–Crippen LogP) is 3.94. The fraction of sp³-hybridized carbons (Fsp3) is 0.333. The van der Waals surface area contributed by atoms with Gasteiger partial charge in [-0.25, -0.2) is 4.39 Å². The van der Waals surface area contributed by atoms with Gasteiger partial charge in [0.05, 0.1) is 5.02 Å². The molecule has 1 atom stereocenters. The average Bonchev–Trinajstić information content (AvgIpc) is 2.95. The van der Waals surface area contributed by atoms with Crippen molar-refractivity contribution in [3.8, 4) is 0 Å². The summed E-state index contributed by atoms with van der Waals surface area (Å²) in [5.41, 5.74) is 3.83. The lowest BCUT2D eigenvalue weighted by atomic mass is 10.0. The molecule has 0 saturated heterocycles. The maximum absolute atomic E-state index is 13.1. The monoisotopic (exact) mass is 312 g/mol. The molecule has 0 aliphatic heterocycles. The zero-order valence-electron chi connectivity index (χ0n) is 11.1. The number of thiophene rings is 1. The highest BCUT2D eigenvalue weighted by molar-refractivity contribution is 7.09. The third-order valence-electron chi connectivity index (χ3n) is 3.26. The van der Waals surface area contributed by atoms with Gasteiger partial charge < -0.3 is 0 Å². The molecule has 20 heavy (non-hydrogen) atoms. The number of hydrogen-bond donors (Lipinski definition) is 2. The van der Waals surface area contributed by atoms with Crippen molar-refractivity contribution in [2.75, 3.05) is 0 Å². The Morgan fingerprint density at radius 1 is 1.35 bits per heavy atom. The quantitative estimate of drug-likeness (QED) is 0.600. The van der Waals surface area contributed by atoms with Gasteiger partial charge in [-0.3, -0.25) is 11.3 Å². The van der Waals surface area contributed by atoms with Gasteiger partial charge >= 0.3 is 0 Å². The number of nitrogens with one attached hydrogen (secondary N) is 1. The summed E-state index contributed by atoms with van der Waals surface area (Å²) in [6, 6.07) is 9.22. The van der Waals surface area contributed by atoms with E-state index in [0.29, 0.717) is 0 Å². The van der Waals surface area contributed by atoms with E-state index in [1.807, 2.05) is 0 Å². The van der Waals surface area contributed by atoms with Crippen LogP contribution >= 0.6 is 22.9 Å². The Balaban J connectivity index is 1.83. The summed E-state index contributed by atoms with van der Waals surface area (Å²) < 4.78 is 13.1. The zero-order chi connectivity index (χ0) is 14.4. The van der Waals surface area contributed by atoms with Gasteiger partial charge in [-0.05, 0) is 54.8 Å². The molecule has 0 amide bonds. The number of aryl methyl sites for hydroxylation is 1. The summed E-state index contributed by atoms with van der Waals surface area (Å²) in [6.07, 6.45) is 3.87. The van der Waals surface area contributed by atoms with Gasteiger partial charge in [-0.2, -0.15) is 0 Å². The number of nitrogens with two attached hydrogens (primary N) is 1. The van der Waals surface area contributed by atoms with Gasteiger partial charge in [0.15, 0.2) is 0 Å². The Morgan fingerprint density at radius 2 is 2.20 bits per heavy atom. The van der Waals surface area contributed by atoms with Crippen molar-refractivity contribution < 1.29 is 4.39 Å². The Morgan fingerprint density at radius 3 is 2.85 bits per heavy atom. The molecule has 2 nitrogen and oxygen atoms in total.